The Morgan fingerprint density at radius 3 is 2.73 bits per heavy atom. The normalized spacial score (nSPS) is 9.87. The molecule has 1 aromatic heterocycles. The second-order valence-electron chi connectivity index (χ2n) is 3.17. The van der Waals surface area contributed by atoms with Crippen LogP contribution in [0.3, 0.4) is 0 Å². The number of nitrogens with zero attached hydrogens (tertiary/aromatic N) is 2. The molecule has 0 aliphatic rings. The highest BCUT2D eigenvalue weighted by Crippen LogP contribution is 2.12. The first-order valence-electron chi connectivity index (χ1n) is 4.69. The molecule has 0 aliphatic heterocycles. The number of nitrogen functional groups attached to an aromatic ring is 1. The molecule has 0 radical (unpaired) electrons. The van der Waals surface area contributed by atoms with Gasteiger partial charge in [0.15, 0.2) is 5.82 Å². The van der Waals surface area contributed by atoms with Crippen LogP contribution in [-0.4, -0.2) is 9.97 Å². The maximum atomic E-state index is 5.70. The molecule has 15 heavy (non-hydrogen) atoms. The summed E-state index contributed by atoms with van der Waals surface area (Å²) in [6.45, 7) is 0.710. The Labute approximate surface area is 88.2 Å². The topological polar surface area (TPSA) is 63.8 Å². The van der Waals surface area contributed by atoms with Crippen LogP contribution in [-0.2, 0) is 6.54 Å². The molecule has 76 valence electrons. The summed E-state index contributed by atoms with van der Waals surface area (Å²) in [7, 11) is 0. The lowest BCUT2D eigenvalue weighted by atomic mass is 10.2. The third-order valence-electron chi connectivity index (χ3n) is 2.04. The van der Waals surface area contributed by atoms with E-state index in [0.29, 0.717) is 18.1 Å². The molecule has 0 aliphatic carbocycles. The highest BCUT2D eigenvalue weighted by molar-refractivity contribution is 5.58. The van der Waals surface area contributed by atoms with Gasteiger partial charge in [-0.3, -0.25) is 0 Å². The van der Waals surface area contributed by atoms with Gasteiger partial charge in [-0.2, -0.15) is 0 Å². The molecule has 0 spiro atoms. The summed E-state index contributed by atoms with van der Waals surface area (Å²) in [4.78, 5) is 7.87. The summed E-state index contributed by atoms with van der Waals surface area (Å²) in [5, 5.41) is 3.15. The number of hydrogen-bond acceptors (Lipinski definition) is 4. The van der Waals surface area contributed by atoms with E-state index in [2.05, 4.69) is 15.3 Å². The summed E-state index contributed by atoms with van der Waals surface area (Å²) in [6, 6.07) is 10.1. The molecule has 2 aromatic rings. The molecule has 1 aromatic carbocycles. The van der Waals surface area contributed by atoms with Crippen molar-refractivity contribution in [3.05, 3.63) is 48.4 Å². The Morgan fingerprint density at radius 1 is 1.20 bits per heavy atom. The van der Waals surface area contributed by atoms with Crippen LogP contribution < -0.4 is 11.1 Å². The Morgan fingerprint density at radius 2 is 2.00 bits per heavy atom. The van der Waals surface area contributed by atoms with E-state index in [-0.39, 0.29) is 0 Å². The zero-order valence-electron chi connectivity index (χ0n) is 8.22. The monoisotopic (exact) mass is 200 g/mol. The van der Waals surface area contributed by atoms with Crippen molar-refractivity contribution in [1.82, 2.24) is 9.97 Å². The van der Waals surface area contributed by atoms with Crippen LogP contribution in [0.1, 0.15) is 5.56 Å². The van der Waals surface area contributed by atoms with E-state index < -0.39 is 0 Å². The average molecular weight is 200 g/mol. The predicted octanol–water partition coefficient (Wildman–Crippen LogP) is 1.67. The van der Waals surface area contributed by atoms with Crippen LogP contribution in [0.5, 0.6) is 0 Å². The van der Waals surface area contributed by atoms with Gasteiger partial charge >= 0.3 is 0 Å². The van der Waals surface area contributed by atoms with Crippen molar-refractivity contribution in [2.24, 2.45) is 0 Å². The van der Waals surface area contributed by atoms with Gasteiger partial charge < -0.3 is 11.1 Å². The number of hydrogen-bond donors (Lipinski definition) is 2. The fourth-order valence-electron chi connectivity index (χ4n) is 1.27. The average Bonchev–Trinajstić information content (AvgIpc) is 2.29. The molecule has 4 heteroatoms. The van der Waals surface area contributed by atoms with Gasteiger partial charge in [-0.05, 0) is 5.56 Å². The van der Waals surface area contributed by atoms with Crippen LogP contribution in [0.25, 0.3) is 0 Å². The first-order chi connectivity index (χ1) is 7.36. The summed E-state index contributed by atoms with van der Waals surface area (Å²) < 4.78 is 0. The fraction of sp³-hybridized carbons (Fsp3) is 0.0909. The number of benzene rings is 1. The van der Waals surface area contributed by atoms with Crippen LogP contribution in [0.15, 0.2) is 42.9 Å². The van der Waals surface area contributed by atoms with Crippen molar-refractivity contribution >= 4 is 11.5 Å². The van der Waals surface area contributed by atoms with Crippen molar-refractivity contribution < 1.29 is 0 Å². The molecule has 0 fully saturated rings. The molecule has 0 saturated carbocycles. The molecule has 0 bridgehead atoms. The van der Waals surface area contributed by atoms with Crippen molar-refractivity contribution in [2.45, 2.75) is 6.54 Å². The molecule has 1 heterocycles. The summed E-state index contributed by atoms with van der Waals surface area (Å²) in [6.07, 6.45) is 3.06. The smallest absolute Gasteiger partial charge is 0.152 e. The van der Waals surface area contributed by atoms with Gasteiger partial charge in [0.1, 0.15) is 6.33 Å². The molecular weight excluding hydrogens is 188 g/mol. The number of rotatable bonds is 3. The summed E-state index contributed by atoms with van der Waals surface area (Å²) in [5.74, 6) is 0.675. The maximum Gasteiger partial charge on any atom is 0.152 e. The van der Waals surface area contributed by atoms with Crippen LogP contribution in [0.4, 0.5) is 11.5 Å². The standard InChI is InChI=1S/C11H12N4/c12-10-7-13-8-15-11(10)14-6-9-4-2-1-3-5-9/h1-5,7-8H,6,12H2,(H,13,14,15). The summed E-state index contributed by atoms with van der Waals surface area (Å²) in [5.41, 5.74) is 7.45. The lowest BCUT2D eigenvalue weighted by Gasteiger charge is -2.06. The van der Waals surface area contributed by atoms with E-state index in [1.807, 2.05) is 30.3 Å². The number of anilines is 2. The third kappa shape index (κ3) is 2.43. The highest BCUT2D eigenvalue weighted by Gasteiger charge is 1.98. The largest absolute Gasteiger partial charge is 0.394 e. The van der Waals surface area contributed by atoms with E-state index in [1.165, 1.54) is 11.9 Å². The maximum absolute atomic E-state index is 5.70. The van der Waals surface area contributed by atoms with Crippen molar-refractivity contribution in [1.29, 1.82) is 0 Å². The van der Waals surface area contributed by atoms with E-state index in [1.54, 1.807) is 6.20 Å². The van der Waals surface area contributed by atoms with Gasteiger partial charge in [0, 0.05) is 6.54 Å². The molecule has 0 unspecified atom stereocenters. The van der Waals surface area contributed by atoms with Crippen molar-refractivity contribution in [3.63, 3.8) is 0 Å². The van der Waals surface area contributed by atoms with Gasteiger partial charge in [-0.15, -0.1) is 0 Å². The Hall–Kier alpha value is -2.10. The molecule has 2 rings (SSSR count). The van der Waals surface area contributed by atoms with E-state index >= 15 is 0 Å². The molecule has 0 atom stereocenters. The third-order valence-corrected chi connectivity index (χ3v) is 2.04. The minimum absolute atomic E-state index is 0.563. The van der Waals surface area contributed by atoms with Crippen LogP contribution in [0.2, 0.25) is 0 Å². The lowest BCUT2D eigenvalue weighted by molar-refractivity contribution is 1.08. The van der Waals surface area contributed by atoms with E-state index in [9.17, 15) is 0 Å². The molecule has 0 saturated heterocycles. The van der Waals surface area contributed by atoms with Gasteiger partial charge in [-0.1, -0.05) is 30.3 Å². The van der Waals surface area contributed by atoms with Gasteiger partial charge in [0.25, 0.3) is 0 Å². The number of nitrogens with two attached hydrogens (primary N) is 1. The zero-order valence-corrected chi connectivity index (χ0v) is 8.22. The van der Waals surface area contributed by atoms with Crippen molar-refractivity contribution in [3.8, 4) is 0 Å². The first kappa shape index (κ1) is 9.45. The minimum atomic E-state index is 0.563. The van der Waals surface area contributed by atoms with Gasteiger partial charge in [0.2, 0.25) is 0 Å². The Bertz CT molecular complexity index is 428. The van der Waals surface area contributed by atoms with Gasteiger partial charge in [0.05, 0.1) is 11.9 Å². The second kappa shape index (κ2) is 4.41. The minimum Gasteiger partial charge on any atom is -0.394 e. The number of aromatic nitrogens is 2. The first-order valence-corrected chi connectivity index (χ1v) is 4.69. The van der Waals surface area contributed by atoms with Crippen molar-refractivity contribution in [2.75, 3.05) is 11.1 Å². The van der Waals surface area contributed by atoms with Crippen LogP contribution >= 0.6 is 0 Å². The Balaban J connectivity index is 2.03. The van der Waals surface area contributed by atoms with Gasteiger partial charge in [-0.25, -0.2) is 9.97 Å². The molecular formula is C11H12N4. The lowest BCUT2D eigenvalue weighted by Crippen LogP contribution is -2.04. The quantitative estimate of drug-likeness (QED) is 0.791. The number of nitrogens with one attached hydrogen (secondary N) is 1. The Kier molecular flexibility index (Phi) is 2.78. The fourth-order valence-corrected chi connectivity index (χ4v) is 1.27. The van der Waals surface area contributed by atoms with Crippen LogP contribution in [0, 0.1) is 0 Å². The molecule has 0 amide bonds. The molecule has 4 nitrogen and oxygen atoms in total. The second-order valence-corrected chi connectivity index (χ2v) is 3.17. The van der Waals surface area contributed by atoms with E-state index in [4.69, 9.17) is 5.73 Å². The zero-order chi connectivity index (χ0) is 10.5. The predicted molar refractivity (Wildman–Crippen MR) is 60.2 cm³/mol. The summed E-state index contributed by atoms with van der Waals surface area (Å²) >= 11 is 0. The highest BCUT2D eigenvalue weighted by atomic mass is 15.0. The molecule has 3 N–H and O–H groups in total. The SMILES string of the molecule is Nc1cncnc1NCc1ccccc1. The van der Waals surface area contributed by atoms with E-state index in [0.717, 1.165) is 0 Å².